The largest absolute Gasteiger partial charge is 0.464 e. The van der Waals surface area contributed by atoms with Crippen LogP contribution in [0, 0.1) is 29.1 Å². The first-order chi connectivity index (χ1) is 27.7. The molecule has 0 saturated carbocycles. The molecule has 0 bridgehead atoms. The van der Waals surface area contributed by atoms with Crippen molar-refractivity contribution in [2.75, 3.05) is 18.9 Å². The summed E-state index contributed by atoms with van der Waals surface area (Å²) < 4.78 is 52.7. The maximum absolute atomic E-state index is 15.0. The number of anilines is 1. The lowest BCUT2D eigenvalue weighted by Crippen LogP contribution is -2.47. The quantitative estimate of drug-likeness (QED) is 0.0635. The van der Waals surface area contributed by atoms with Crippen LogP contribution in [0.1, 0.15) is 65.6 Å². The van der Waals surface area contributed by atoms with Crippen molar-refractivity contribution in [1.29, 1.82) is 5.26 Å². The number of esters is 3. The number of nitrogens with one attached hydrogen (secondary N) is 1. The molecule has 1 fully saturated rings. The zero-order chi connectivity index (χ0) is 42.0. The van der Waals surface area contributed by atoms with Gasteiger partial charge in [0, 0.05) is 0 Å². The molecular weight excluding hydrogens is 767 g/mol. The fourth-order valence-electron chi connectivity index (χ4n) is 6.26. The first-order valence-corrected chi connectivity index (χ1v) is 20.8. The molecule has 5 rings (SSSR count). The van der Waals surface area contributed by atoms with E-state index in [0.29, 0.717) is 5.52 Å². The smallest absolute Gasteiger partial charge is 0.459 e. The Morgan fingerprint density at radius 1 is 0.948 bits per heavy atom. The molecule has 16 nitrogen and oxygen atoms in total. The lowest BCUT2D eigenvalue weighted by molar-refractivity contribution is -0.173. The van der Waals surface area contributed by atoms with E-state index in [4.69, 9.17) is 33.7 Å². The van der Waals surface area contributed by atoms with E-state index in [2.05, 4.69) is 21.2 Å². The van der Waals surface area contributed by atoms with Gasteiger partial charge in [-0.15, -0.1) is 0 Å². The highest BCUT2D eigenvalue weighted by molar-refractivity contribution is 7.52. The summed E-state index contributed by atoms with van der Waals surface area (Å²) in [6.07, 6.45) is -1.67. The molecule has 2 aromatic carbocycles. The zero-order valence-corrected chi connectivity index (χ0v) is 34.4. The van der Waals surface area contributed by atoms with Gasteiger partial charge in [0.15, 0.2) is 18.0 Å². The number of aromatic nitrogens is 3. The maximum atomic E-state index is 15.0. The van der Waals surface area contributed by atoms with E-state index in [1.165, 1.54) is 16.9 Å². The van der Waals surface area contributed by atoms with Gasteiger partial charge in [-0.1, -0.05) is 103 Å². The van der Waals surface area contributed by atoms with Crippen molar-refractivity contribution in [2.45, 2.75) is 90.8 Å². The number of nitrogen functional groups attached to an aromatic ring is 1. The summed E-state index contributed by atoms with van der Waals surface area (Å²) in [6, 6.07) is 21.3. The van der Waals surface area contributed by atoms with E-state index >= 15 is 4.57 Å². The van der Waals surface area contributed by atoms with Gasteiger partial charge in [0.2, 0.25) is 5.60 Å². The summed E-state index contributed by atoms with van der Waals surface area (Å²) in [5, 5.41) is 18.1. The van der Waals surface area contributed by atoms with Gasteiger partial charge in [0.05, 0.1) is 30.7 Å². The van der Waals surface area contributed by atoms with Gasteiger partial charge in [0.1, 0.15) is 35.8 Å². The molecule has 4 aromatic rings. The van der Waals surface area contributed by atoms with E-state index in [0.717, 1.165) is 18.4 Å². The van der Waals surface area contributed by atoms with Crippen LogP contribution >= 0.6 is 7.75 Å². The molecule has 1 aliphatic heterocycles. The number of carbonyl (C=O) groups excluding carboxylic acids is 3. The number of hydrogen-bond donors (Lipinski definition) is 2. The number of nitrogens with zero attached hydrogens (tertiary/aromatic N) is 4. The summed E-state index contributed by atoms with van der Waals surface area (Å²) >= 11 is 0. The highest BCUT2D eigenvalue weighted by atomic mass is 31.2. The normalized spacial score (nSPS) is 20.7. The molecule has 310 valence electrons. The van der Waals surface area contributed by atoms with Crippen molar-refractivity contribution < 1.29 is 46.9 Å². The molecule has 6 atom stereocenters. The van der Waals surface area contributed by atoms with Crippen LogP contribution in [0.3, 0.4) is 0 Å². The Kier molecular flexibility index (Phi) is 14.7. The molecular formula is C41H51N6O10P. The topological polar surface area (TPSA) is 216 Å². The Morgan fingerprint density at radius 3 is 2.21 bits per heavy atom. The Labute approximate surface area is 337 Å². The van der Waals surface area contributed by atoms with Crippen molar-refractivity contribution in [3.8, 4) is 11.8 Å². The average Bonchev–Trinajstić information content (AvgIpc) is 3.78. The van der Waals surface area contributed by atoms with Gasteiger partial charge in [-0.25, -0.2) is 14.1 Å². The van der Waals surface area contributed by atoms with Crippen molar-refractivity contribution in [2.24, 2.45) is 17.8 Å². The number of carbonyl (C=O) groups is 3. The summed E-state index contributed by atoms with van der Waals surface area (Å²) in [5.74, 6) is -3.05. The third-order valence-corrected chi connectivity index (χ3v) is 11.3. The fraction of sp³-hybridized carbons (Fsp3) is 0.463. The van der Waals surface area contributed by atoms with Gasteiger partial charge in [0.25, 0.3) is 0 Å². The number of para-hydroxylation sites is 1. The minimum Gasteiger partial charge on any atom is -0.464 e. The molecule has 0 radical (unpaired) electrons. The molecule has 3 heterocycles. The first kappa shape index (κ1) is 43.8. The van der Waals surface area contributed by atoms with Crippen LogP contribution in [-0.4, -0.2) is 70.1 Å². The Hall–Kier alpha value is -5.33. The highest BCUT2D eigenvalue weighted by Crippen LogP contribution is 2.49. The molecule has 2 aromatic heterocycles. The minimum absolute atomic E-state index is 0.0552. The average molecular weight is 819 g/mol. The molecule has 0 aliphatic carbocycles. The third-order valence-electron chi connectivity index (χ3n) is 9.74. The fourth-order valence-corrected chi connectivity index (χ4v) is 7.76. The van der Waals surface area contributed by atoms with E-state index in [9.17, 15) is 19.6 Å². The summed E-state index contributed by atoms with van der Waals surface area (Å²) in [5.41, 5.74) is 5.09. The van der Waals surface area contributed by atoms with Crippen LogP contribution in [0.15, 0.2) is 79.1 Å². The summed E-state index contributed by atoms with van der Waals surface area (Å²) in [6.45, 7) is 9.93. The van der Waals surface area contributed by atoms with Crippen molar-refractivity contribution in [3.05, 3.63) is 90.4 Å². The van der Waals surface area contributed by atoms with Gasteiger partial charge < -0.3 is 29.2 Å². The van der Waals surface area contributed by atoms with Gasteiger partial charge in [-0.2, -0.15) is 15.4 Å². The Morgan fingerprint density at radius 2 is 1.59 bits per heavy atom. The standard InChI is InChI=1S/C41H51N6O10P/c1-7-28(8-2)22-52-40(50)31(21-29-15-11-9-12-16-29)46-58(51,57-30-17-13-10-14-18-30)53-23-33-35(54-38(48)26(3)4)36(55-39(49)27(5)6)41(24-42,56-33)34-20-19-32-37(43)44-25-45-47(32)34/h9-20,25-28,31,33,35-36H,7-8,21-23H2,1-6H3,(H,46,51)(H2,43,44,45)/t31-,33+,35+,36+,41-,58+/m0/s1. The first-order valence-electron chi connectivity index (χ1n) is 19.3. The van der Waals surface area contributed by atoms with Crippen LogP contribution in [0.4, 0.5) is 5.82 Å². The minimum atomic E-state index is -4.61. The van der Waals surface area contributed by atoms with Gasteiger partial charge in [-0.05, 0) is 42.2 Å². The van der Waals surface area contributed by atoms with Gasteiger partial charge in [-0.3, -0.25) is 18.9 Å². The van der Waals surface area contributed by atoms with Crippen LogP contribution in [-0.2, 0) is 54.4 Å². The second-order valence-corrected chi connectivity index (χ2v) is 16.3. The third kappa shape index (κ3) is 10.2. The molecule has 0 spiro atoms. The van der Waals surface area contributed by atoms with Crippen molar-refractivity contribution in [1.82, 2.24) is 19.7 Å². The van der Waals surface area contributed by atoms with E-state index in [-0.39, 0.29) is 36.2 Å². The number of rotatable bonds is 19. The SMILES string of the molecule is CCC(CC)COC(=O)[C@H](Cc1ccccc1)N[P@@](=O)(OC[C@H]1O[C@@](C#N)(c2ccc3c(N)ncnn23)[C@H](OC(=O)C(C)C)[C@@H]1OC(=O)C(C)C)Oc1ccccc1. The zero-order valence-electron chi connectivity index (χ0n) is 33.5. The molecule has 58 heavy (non-hydrogen) atoms. The number of nitrogens with two attached hydrogens (primary N) is 1. The summed E-state index contributed by atoms with van der Waals surface area (Å²) in [4.78, 5) is 44.4. The van der Waals surface area contributed by atoms with Crippen LogP contribution in [0.25, 0.3) is 5.52 Å². The van der Waals surface area contributed by atoms with E-state index in [1.54, 1.807) is 64.1 Å². The molecule has 1 aliphatic rings. The Balaban J connectivity index is 1.56. The maximum Gasteiger partial charge on any atom is 0.459 e. The highest BCUT2D eigenvalue weighted by Gasteiger charge is 2.63. The van der Waals surface area contributed by atoms with Crippen LogP contribution in [0.5, 0.6) is 5.75 Å². The van der Waals surface area contributed by atoms with E-state index in [1.807, 2.05) is 44.2 Å². The number of fused-ring (bicyclic) bond motifs is 1. The summed E-state index contributed by atoms with van der Waals surface area (Å²) in [7, 11) is -4.61. The lowest BCUT2D eigenvalue weighted by Gasteiger charge is -2.29. The molecule has 3 N–H and O–H groups in total. The second-order valence-electron chi connectivity index (χ2n) is 14.6. The number of nitriles is 1. The van der Waals surface area contributed by atoms with Crippen molar-refractivity contribution in [3.63, 3.8) is 0 Å². The van der Waals surface area contributed by atoms with Crippen molar-refractivity contribution >= 4 is 37.0 Å². The predicted octanol–water partition coefficient (Wildman–Crippen LogP) is 5.95. The lowest BCUT2D eigenvalue weighted by atomic mass is 9.92. The monoisotopic (exact) mass is 818 g/mol. The molecule has 0 unspecified atom stereocenters. The second kappa shape index (κ2) is 19.4. The number of ether oxygens (including phenoxy) is 4. The molecule has 17 heteroatoms. The molecule has 1 saturated heterocycles. The molecule has 0 amide bonds. The van der Waals surface area contributed by atoms with Crippen LogP contribution < -0.4 is 15.3 Å². The number of benzene rings is 2. The van der Waals surface area contributed by atoms with Crippen LogP contribution in [0.2, 0.25) is 0 Å². The predicted molar refractivity (Wildman–Crippen MR) is 212 cm³/mol. The number of hydrogen-bond acceptors (Lipinski definition) is 14. The van der Waals surface area contributed by atoms with Gasteiger partial charge >= 0.3 is 25.7 Å². The Bertz CT molecular complexity index is 2110. The van der Waals surface area contributed by atoms with E-state index < -0.39 is 74.1 Å².